The summed E-state index contributed by atoms with van der Waals surface area (Å²) in [4.78, 5) is 0. The van der Waals surface area contributed by atoms with Gasteiger partial charge in [0.15, 0.2) is 0 Å². The molecule has 0 bridgehead atoms. The maximum absolute atomic E-state index is 6.91. The molecule has 1 heterocycles. The zero-order chi connectivity index (χ0) is 35.0. The van der Waals surface area contributed by atoms with E-state index in [0.29, 0.717) is 6.61 Å². The maximum Gasteiger partial charge on any atom is 0.463 e. The van der Waals surface area contributed by atoms with Crippen LogP contribution in [0.4, 0.5) is 0 Å². The van der Waals surface area contributed by atoms with Crippen LogP contribution in [0.2, 0.25) is 0 Å². The molecule has 47 heavy (non-hydrogen) atoms. The van der Waals surface area contributed by atoms with Crippen molar-refractivity contribution in [3.63, 3.8) is 0 Å². The predicted octanol–water partition coefficient (Wildman–Crippen LogP) is 14.2. The summed E-state index contributed by atoms with van der Waals surface area (Å²) >= 11 is 0. The molecule has 0 atom stereocenters. The fourth-order valence-electron chi connectivity index (χ4n) is 6.34. The first-order valence-corrected chi connectivity index (χ1v) is 20.1. The van der Waals surface area contributed by atoms with Crippen molar-refractivity contribution in [1.29, 1.82) is 0 Å². The summed E-state index contributed by atoms with van der Waals surface area (Å²) in [5.41, 5.74) is 7.50. The van der Waals surface area contributed by atoms with Gasteiger partial charge in [0.1, 0.15) is 11.5 Å². The third-order valence-corrected chi connectivity index (χ3v) is 10.6. The SMILES string of the molecule is CCCCCCCCCCCCCCOP1Oc2c(cc(C(C)(C)C)cc2C(C)(C)C)Cc2cc(C(C)(C)C)cc(C(C)(C)C)c2O1. The highest BCUT2D eigenvalue weighted by Crippen LogP contribution is 2.53. The number of unbranched alkanes of at least 4 members (excludes halogenated alkanes) is 11. The molecular formula is C43H71O3P. The van der Waals surface area contributed by atoms with Crippen LogP contribution in [0.5, 0.6) is 11.5 Å². The quantitative estimate of drug-likeness (QED) is 0.148. The molecular weight excluding hydrogens is 595 g/mol. The van der Waals surface area contributed by atoms with Crippen molar-refractivity contribution in [3.8, 4) is 11.5 Å². The Bertz CT molecular complexity index is 1180. The predicted molar refractivity (Wildman–Crippen MR) is 206 cm³/mol. The first-order chi connectivity index (χ1) is 21.8. The van der Waals surface area contributed by atoms with Crippen LogP contribution < -0.4 is 9.05 Å². The van der Waals surface area contributed by atoms with Crippen molar-refractivity contribution in [1.82, 2.24) is 0 Å². The number of fused-ring (bicyclic) bond motifs is 2. The Kier molecular flexibility index (Phi) is 14.3. The van der Waals surface area contributed by atoms with E-state index in [1.165, 1.54) is 104 Å². The molecule has 2 aromatic carbocycles. The van der Waals surface area contributed by atoms with Crippen LogP contribution in [-0.4, -0.2) is 6.61 Å². The van der Waals surface area contributed by atoms with E-state index in [4.69, 9.17) is 13.6 Å². The molecule has 3 nitrogen and oxygen atoms in total. The van der Waals surface area contributed by atoms with E-state index < -0.39 is 8.60 Å². The van der Waals surface area contributed by atoms with Gasteiger partial charge in [0.05, 0.1) is 6.61 Å². The molecule has 1 aliphatic heterocycles. The highest BCUT2D eigenvalue weighted by molar-refractivity contribution is 7.42. The van der Waals surface area contributed by atoms with Crippen molar-refractivity contribution in [2.45, 2.75) is 195 Å². The summed E-state index contributed by atoms with van der Waals surface area (Å²) < 4.78 is 20.4. The Hall–Kier alpha value is -1.57. The van der Waals surface area contributed by atoms with Crippen molar-refractivity contribution >= 4 is 8.60 Å². The van der Waals surface area contributed by atoms with Gasteiger partial charge in [-0.1, -0.05) is 185 Å². The Morgan fingerprint density at radius 3 is 1.21 bits per heavy atom. The van der Waals surface area contributed by atoms with Gasteiger partial charge in [-0.25, -0.2) is 0 Å². The molecule has 0 saturated heterocycles. The number of benzene rings is 2. The largest absolute Gasteiger partial charge is 0.463 e. The Morgan fingerprint density at radius 2 is 0.872 bits per heavy atom. The molecule has 0 radical (unpaired) electrons. The molecule has 0 fully saturated rings. The number of hydrogen-bond acceptors (Lipinski definition) is 3. The maximum atomic E-state index is 6.91. The number of rotatable bonds is 14. The molecule has 0 saturated carbocycles. The van der Waals surface area contributed by atoms with Crippen molar-refractivity contribution in [2.24, 2.45) is 0 Å². The lowest BCUT2D eigenvalue weighted by atomic mass is 9.76. The standard InChI is InChI=1S/C43H71O3P/c1-14-15-16-17-18-19-20-21-22-23-24-25-26-44-47-45-38-32(28-34(40(2,3)4)30-36(38)42(8,9)10)27-33-29-35(41(5,6)7)31-37(39(33)46-47)43(11,12)13/h28-31H,14-27H2,1-13H3. The summed E-state index contributed by atoms with van der Waals surface area (Å²) in [6, 6.07) is 9.51. The summed E-state index contributed by atoms with van der Waals surface area (Å²) in [6.45, 7) is 30.5. The van der Waals surface area contributed by atoms with Crippen LogP contribution in [0, 0.1) is 0 Å². The molecule has 0 amide bonds. The summed E-state index contributed by atoms with van der Waals surface area (Å²) in [7, 11) is -1.63. The summed E-state index contributed by atoms with van der Waals surface area (Å²) in [5.74, 6) is 1.91. The first kappa shape index (κ1) is 39.9. The van der Waals surface area contributed by atoms with Crippen LogP contribution in [0.1, 0.15) is 200 Å². The van der Waals surface area contributed by atoms with Gasteiger partial charge in [0.25, 0.3) is 0 Å². The monoisotopic (exact) mass is 667 g/mol. The second kappa shape index (κ2) is 16.9. The van der Waals surface area contributed by atoms with E-state index in [1.807, 2.05) is 0 Å². The van der Waals surface area contributed by atoms with E-state index in [1.54, 1.807) is 0 Å². The lowest BCUT2D eigenvalue weighted by molar-refractivity contribution is 0.253. The molecule has 2 aromatic rings. The molecule has 266 valence electrons. The van der Waals surface area contributed by atoms with Crippen molar-refractivity contribution < 1.29 is 13.6 Å². The average molecular weight is 667 g/mol. The summed E-state index contributed by atoms with van der Waals surface area (Å²) in [6.07, 6.45) is 16.7. The lowest BCUT2D eigenvalue weighted by Crippen LogP contribution is -2.22. The molecule has 0 aliphatic carbocycles. The summed E-state index contributed by atoms with van der Waals surface area (Å²) in [5, 5.41) is 0. The number of hydrogen-bond donors (Lipinski definition) is 0. The van der Waals surface area contributed by atoms with Crippen LogP contribution in [0.15, 0.2) is 24.3 Å². The molecule has 1 aliphatic rings. The third-order valence-electron chi connectivity index (χ3n) is 9.59. The minimum atomic E-state index is -1.63. The zero-order valence-electron chi connectivity index (χ0n) is 32.9. The van der Waals surface area contributed by atoms with Crippen LogP contribution in [-0.2, 0) is 32.6 Å². The van der Waals surface area contributed by atoms with E-state index >= 15 is 0 Å². The van der Waals surface area contributed by atoms with Gasteiger partial charge in [-0.2, -0.15) is 0 Å². The minimum absolute atomic E-state index is 0.0242. The van der Waals surface area contributed by atoms with Gasteiger partial charge in [0.2, 0.25) is 0 Å². The van der Waals surface area contributed by atoms with Crippen LogP contribution >= 0.6 is 8.60 Å². The second-order valence-corrected chi connectivity index (χ2v) is 19.4. The smallest absolute Gasteiger partial charge is 0.417 e. The molecule has 0 N–H and O–H groups in total. The van der Waals surface area contributed by atoms with E-state index in [-0.39, 0.29) is 21.7 Å². The lowest BCUT2D eigenvalue weighted by Gasteiger charge is -2.34. The van der Waals surface area contributed by atoms with E-state index in [9.17, 15) is 0 Å². The van der Waals surface area contributed by atoms with Gasteiger partial charge in [-0.15, -0.1) is 0 Å². The van der Waals surface area contributed by atoms with Crippen LogP contribution in [0.3, 0.4) is 0 Å². The highest BCUT2D eigenvalue weighted by atomic mass is 31.2. The molecule has 0 aromatic heterocycles. The molecule has 0 spiro atoms. The van der Waals surface area contributed by atoms with Crippen molar-refractivity contribution in [3.05, 3.63) is 57.6 Å². The Balaban J connectivity index is 1.87. The molecule has 4 heteroatoms. The van der Waals surface area contributed by atoms with Crippen LogP contribution in [0.25, 0.3) is 0 Å². The zero-order valence-corrected chi connectivity index (χ0v) is 33.8. The van der Waals surface area contributed by atoms with E-state index in [2.05, 4.69) is 114 Å². The third kappa shape index (κ3) is 12.1. The fourth-order valence-corrected chi connectivity index (χ4v) is 7.49. The fraction of sp³-hybridized carbons (Fsp3) is 0.721. The normalized spacial score (nSPS) is 14.6. The van der Waals surface area contributed by atoms with Gasteiger partial charge in [0, 0.05) is 17.5 Å². The highest BCUT2D eigenvalue weighted by Gasteiger charge is 2.35. The minimum Gasteiger partial charge on any atom is -0.417 e. The first-order valence-electron chi connectivity index (χ1n) is 19.0. The van der Waals surface area contributed by atoms with Crippen molar-refractivity contribution in [2.75, 3.05) is 6.61 Å². The van der Waals surface area contributed by atoms with Gasteiger partial charge in [-0.05, 0) is 50.3 Å². The van der Waals surface area contributed by atoms with Gasteiger partial charge in [-0.3, -0.25) is 4.52 Å². The van der Waals surface area contributed by atoms with Gasteiger partial charge >= 0.3 is 8.60 Å². The second-order valence-electron chi connectivity index (χ2n) is 18.3. The average Bonchev–Trinajstić information content (AvgIpc) is 2.93. The van der Waals surface area contributed by atoms with Gasteiger partial charge < -0.3 is 9.05 Å². The Labute approximate surface area is 292 Å². The topological polar surface area (TPSA) is 27.7 Å². The molecule has 0 unspecified atom stereocenters. The Morgan fingerprint density at radius 1 is 0.511 bits per heavy atom. The van der Waals surface area contributed by atoms with E-state index in [0.717, 1.165) is 24.3 Å². The molecule has 3 rings (SSSR count).